The van der Waals surface area contributed by atoms with Gasteiger partial charge in [-0.25, -0.2) is 0 Å². The molecule has 0 aromatic heterocycles. The van der Waals surface area contributed by atoms with Crippen LogP contribution in [0.25, 0.3) is 0 Å². The van der Waals surface area contributed by atoms with Crippen LogP contribution in [0.2, 0.25) is 0 Å². The maximum Gasteiger partial charge on any atom is 0.331 e. The van der Waals surface area contributed by atoms with Crippen LogP contribution in [0.5, 0.6) is 5.75 Å². The smallest absolute Gasteiger partial charge is 0.331 e. The molecule has 4 heteroatoms. The van der Waals surface area contributed by atoms with Gasteiger partial charge in [0.1, 0.15) is 5.75 Å². The number of rotatable bonds is 1. The second kappa shape index (κ2) is 2.81. The molecule has 3 N–H and O–H groups in total. The zero-order valence-electron chi connectivity index (χ0n) is 6.53. The summed E-state index contributed by atoms with van der Waals surface area (Å²) in [5.41, 5.74) is 7.19. The highest BCUT2D eigenvalue weighted by Gasteiger charge is 2.25. The van der Waals surface area contributed by atoms with E-state index in [1.165, 1.54) is 0 Å². The van der Waals surface area contributed by atoms with Crippen LogP contribution in [-0.2, 0) is 4.65 Å². The summed E-state index contributed by atoms with van der Waals surface area (Å²) >= 11 is 0. The molecular weight excluding hydrogens is 153 g/mol. The average Bonchev–Trinajstić information content (AvgIpc) is 2.49. The summed E-state index contributed by atoms with van der Waals surface area (Å²) in [6.07, 6.45) is -0.179. The van der Waals surface area contributed by atoms with Gasteiger partial charge in [-0.2, -0.15) is 0 Å². The first-order chi connectivity index (χ1) is 5.83. The molecule has 1 aliphatic heterocycles. The number of phenols is 1. The Morgan fingerprint density at radius 1 is 1.58 bits per heavy atom. The Kier molecular flexibility index (Phi) is 1.79. The van der Waals surface area contributed by atoms with Gasteiger partial charge in [0.15, 0.2) is 0 Å². The number of aromatic hydroxyl groups is 1. The summed E-state index contributed by atoms with van der Waals surface area (Å²) in [6.45, 7) is 0.390. The number of phenolic OH excluding ortho intramolecular Hbond substituents is 1. The standard InChI is InChI=1S/C8H9BNO2/c10-4-7-8-5(9-12-7)2-1-3-6(8)11/h1-3,7,11H,4,10H2. The quantitative estimate of drug-likeness (QED) is 0.555. The normalized spacial score (nSPS) is 20.2. The lowest BCUT2D eigenvalue weighted by Crippen LogP contribution is -2.12. The molecule has 0 spiro atoms. The van der Waals surface area contributed by atoms with Crippen molar-refractivity contribution in [3.63, 3.8) is 0 Å². The third-order valence-corrected chi connectivity index (χ3v) is 2.01. The molecule has 0 fully saturated rings. The lowest BCUT2D eigenvalue weighted by molar-refractivity contribution is 0.239. The molecule has 1 atom stereocenters. The fraction of sp³-hybridized carbons (Fsp3) is 0.250. The topological polar surface area (TPSA) is 55.5 Å². The number of fused-ring (bicyclic) bond motifs is 1. The molecule has 1 radical (unpaired) electrons. The second-order valence-electron chi connectivity index (χ2n) is 2.76. The van der Waals surface area contributed by atoms with E-state index >= 15 is 0 Å². The van der Waals surface area contributed by atoms with Crippen molar-refractivity contribution in [1.82, 2.24) is 0 Å². The zero-order chi connectivity index (χ0) is 8.55. The third kappa shape index (κ3) is 1.00. The molecule has 1 aromatic carbocycles. The van der Waals surface area contributed by atoms with Gasteiger partial charge in [0.05, 0.1) is 6.10 Å². The van der Waals surface area contributed by atoms with E-state index in [9.17, 15) is 5.11 Å². The van der Waals surface area contributed by atoms with Crippen molar-refractivity contribution in [3.05, 3.63) is 23.8 Å². The second-order valence-corrected chi connectivity index (χ2v) is 2.76. The molecule has 0 saturated carbocycles. The van der Waals surface area contributed by atoms with Gasteiger partial charge >= 0.3 is 7.48 Å². The Labute approximate surface area is 71.4 Å². The molecule has 1 aliphatic rings. The molecular formula is C8H9BNO2. The van der Waals surface area contributed by atoms with Crippen LogP contribution in [0.1, 0.15) is 11.7 Å². The van der Waals surface area contributed by atoms with Gasteiger partial charge in [-0.1, -0.05) is 12.1 Å². The van der Waals surface area contributed by atoms with E-state index in [-0.39, 0.29) is 11.9 Å². The molecule has 3 nitrogen and oxygen atoms in total. The maximum absolute atomic E-state index is 9.48. The molecule has 1 heterocycles. The highest BCUT2D eigenvalue weighted by molar-refractivity contribution is 6.49. The number of nitrogens with two attached hydrogens (primary N) is 1. The lowest BCUT2D eigenvalue weighted by atomic mass is 9.86. The molecule has 0 bridgehead atoms. The SMILES string of the molecule is NCC1O[B]c2cccc(O)c21. The number of hydrogen-bond donors (Lipinski definition) is 2. The minimum Gasteiger partial charge on any atom is -0.508 e. The number of benzene rings is 1. The maximum atomic E-state index is 9.48. The van der Waals surface area contributed by atoms with Crippen molar-refractivity contribution in [2.45, 2.75) is 6.10 Å². The highest BCUT2D eigenvalue weighted by Crippen LogP contribution is 2.27. The molecule has 0 amide bonds. The third-order valence-electron chi connectivity index (χ3n) is 2.01. The molecule has 61 valence electrons. The fourth-order valence-corrected chi connectivity index (χ4v) is 1.42. The van der Waals surface area contributed by atoms with Gasteiger partial charge in [-0.3, -0.25) is 0 Å². The van der Waals surface area contributed by atoms with Gasteiger partial charge in [0.2, 0.25) is 0 Å². The Bertz CT molecular complexity index is 303. The van der Waals surface area contributed by atoms with E-state index in [2.05, 4.69) is 0 Å². The Morgan fingerprint density at radius 3 is 3.17 bits per heavy atom. The van der Waals surface area contributed by atoms with Crippen LogP contribution in [0, 0.1) is 0 Å². The van der Waals surface area contributed by atoms with Crippen molar-refractivity contribution in [3.8, 4) is 5.75 Å². The number of hydrogen-bond acceptors (Lipinski definition) is 3. The van der Waals surface area contributed by atoms with E-state index in [1.54, 1.807) is 19.6 Å². The largest absolute Gasteiger partial charge is 0.508 e. The van der Waals surface area contributed by atoms with E-state index in [0.717, 1.165) is 11.0 Å². The Hall–Kier alpha value is -0.995. The fourth-order valence-electron chi connectivity index (χ4n) is 1.42. The first-order valence-corrected chi connectivity index (χ1v) is 3.83. The summed E-state index contributed by atoms with van der Waals surface area (Å²) in [7, 11) is 1.63. The van der Waals surface area contributed by atoms with E-state index in [4.69, 9.17) is 10.4 Å². The summed E-state index contributed by atoms with van der Waals surface area (Å²) in [5.74, 6) is 0.261. The predicted octanol–water partition coefficient (Wildman–Crippen LogP) is -0.333. The van der Waals surface area contributed by atoms with Crippen LogP contribution < -0.4 is 11.2 Å². The zero-order valence-corrected chi connectivity index (χ0v) is 6.53. The summed E-state index contributed by atoms with van der Waals surface area (Å²) in [6, 6.07) is 5.32. The van der Waals surface area contributed by atoms with Crippen LogP contribution in [0.15, 0.2) is 18.2 Å². The first-order valence-electron chi connectivity index (χ1n) is 3.83. The average molecular weight is 162 g/mol. The predicted molar refractivity (Wildman–Crippen MR) is 46.4 cm³/mol. The molecule has 1 aromatic rings. The first kappa shape index (κ1) is 7.64. The Morgan fingerprint density at radius 2 is 2.42 bits per heavy atom. The van der Waals surface area contributed by atoms with Crippen molar-refractivity contribution < 1.29 is 9.76 Å². The highest BCUT2D eigenvalue weighted by atomic mass is 16.4. The monoisotopic (exact) mass is 162 g/mol. The summed E-state index contributed by atoms with van der Waals surface area (Å²) in [5, 5.41) is 9.48. The Balaban J connectivity index is 2.48. The van der Waals surface area contributed by atoms with E-state index in [1.807, 2.05) is 6.07 Å². The minimum absolute atomic E-state index is 0.179. The van der Waals surface area contributed by atoms with Gasteiger partial charge in [0, 0.05) is 12.1 Å². The molecule has 2 rings (SSSR count). The lowest BCUT2D eigenvalue weighted by Gasteiger charge is -2.09. The van der Waals surface area contributed by atoms with Crippen molar-refractivity contribution in [2.75, 3.05) is 6.54 Å². The van der Waals surface area contributed by atoms with Crippen LogP contribution >= 0.6 is 0 Å². The van der Waals surface area contributed by atoms with Crippen molar-refractivity contribution in [2.24, 2.45) is 5.73 Å². The minimum atomic E-state index is -0.179. The van der Waals surface area contributed by atoms with Crippen molar-refractivity contribution >= 4 is 12.9 Å². The summed E-state index contributed by atoms with van der Waals surface area (Å²) < 4.78 is 5.24. The van der Waals surface area contributed by atoms with E-state index < -0.39 is 0 Å². The van der Waals surface area contributed by atoms with Crippen LogP contribution in [0.3, 0.4) is 0 Å². The molecule has 1 unspecified atom stereocenters. The van der Waals surface area contributed by atoms with Gasteiger partial charge in [0.25, 0.3) is 0 Å². The van der Waals surface area contributed by atoms with Crippen molar-refractivity contribution in [1.29, 1.82) is 0 Å². The van der Waals surface area contributed by atoms with Gasteiger partial charge in [-0.15, -0.1) is 0 Å². The molecule has 0 saturated heterocycles. The summed E-state index contributed by atoms with van der Waals surface area (Å²) in [4.78, 5) is 0. The van der Waals surface area contributed by atoms with Crippen LogP contribution in [0.4, 0.5) is 0 Å². The van der Waals surface area contributed by atoms with Gasteiger partial charge < -0.3 is 15.5 Å². The van der Waals surface area contributed by atoms with Gasteiger partial charge in [-0.05, 0) is 11.5 Å². The van der Waals surface area contributed by atoms with Crippen LogP contribution in [-0.4, -0.2) is 19.1 Å². The molecule has 12 heavy (non-hydrogen) atoms. The molecule has 0 aliphatic carbocycles. The van der Waals surface area contributed by atoms with E-state index in [0.29, 0.717) is 6.54 Å².